The highest BCUT2D eigenvalue weighted by Gasteiger charge is 2.13. The van der Waals surface area contributed by atoms with E-state index in [0.29, 0.717) is 16.1 Å². The van der Waals surface area contributed by atoms with E-state index >= 15 is 0 Å². The zero-order valence-electron chi connectivity index (χ0n) is 11.6. The molecule has 1 heterocycles. The van der Waals surface area contributed by atoms with Crippen LogP contribution >= 0.6 is 34.5 Å². The molecule has 0 amide bonds. The summed E-state index contributed by atoms with van der Waals surface area (Å²) in [4.78, 5) is 28.2. The number of esters is 1. The quantitative estimate of drug-likeness (QED) is 0.499. The van der Waals surface area contributed by atoms with Gasteiger partial charge in [-0.15, -0.1) is 11.3 Å². The Morgan fingerprint density at radius 3 is 2.61 bits per heavy atom. The smallest absolute Gasteiger partial charge is 0.338 e. The first-order chi connectivity index (χ1) is 11.0. The number of hydrogen-bond donors (Lipinski definition) is 0. The van der Waals surface area contributed by atoms with Gasteiger partial charge < -0.3 is 4.74 Å². The maximum absolute atomic E-state index is 12.0. The predicted molar refractivity (Wildman–Crippen MR) is 90.7 cm³/mol. The molecule has 0 aliphatic carbocycles. The number of ether oxygens (including phenoxy) is 1. The molecule has 23 heavy (non-hydrogen) atoms. The van der Waals surface area contributed by atoms with Gasteiger partial charge in [-0.3, -0.25) is 4.79 Å². The van der Waals surface area contributed by atoms with Crippen LogP contribution in [0.15, 0.2) is 41.9 Å². The highest BCUT2D eigenvalue weighted by Crippen LogP contribution is 2.23. The predicted octanol–water partition coefficient (Wildman–Crippen LogP) is 4.64. The Morgan fingerprint density at radius 1 is 1.04 bits per heavy atom. The summed E-state index contributed by atoms with van der Waals surface area (Å²) >= 11 is 13.1. The van der Waals surface area contributed by atoms with E-state index in [1.165, 1.54) is 29.5 Å². The Bertz CT molecular complexity index is 907. The number of carbonyl (C=O) groups is 2. The van der Waals surface area contributed by atoms with E-state index in [1.54, 1.807) is 23.7 Å². The van der Waals surface area contributed by atoms with E-state index in [9.17, 15) is 9.59 Å². The van der Waals surface area contributed by atoms with Crippen LogP contribution < -0.4 is 0 Å². The molecule has 0 saturated carbocycles. The van der Waals surface area contributed by atoms with Crippen LogP contribution in [0.3, 0.4) is 0 Å². The Kier molecular flexibility index (Phi) is 4.61. The van der Waals surface area contributed by atoms with Gasteiger partial charge >= 0.3 is 5.97 Å². The van der Waals surface area contributed by atoms with Crippen LogP contribution in [-0.2, 0) is 4.74 Å². The molecule has 4 nitrogen and oxygen atoms in total. The third kappa shape index (κ3) is 3.52. The molecule has 0 saturated heterocycles. The Hall–Kier alpha value is -1.95. The fraction of sp³-hybridized carbons (Fsp3) is 0.0625. The third-order valence-corrected chi connectivity index (χ3v) is 4.67. The van der Waals surface area contributed by atoms with Crippen molar-refractivity contribution in [2.24, 2.45) is 0 Å². The molecule has 0 unspecified atom stereocenters. The molecule has 0 N–H and O–H groups in total. The number of halogens is 2. The lowest BCUT2D eigenvalue weighted by Gasteiger charge is -2.05. The fourth-order valence-electron chi connectivity index (χ4n) is 1.95. The maximum Gasteiger partial charge on any atom is 0.338 e. The van der Waals surface area contributed by atoms with Crippen molar-refractivity contribution in [2.45, 2.75) is 0 Å². The van der Waals surface area contributed by atoms with Crippen molar-refractivity contribution < 1.29 is 14.3 Å². The van der Waals surface area contributed by atoms with Crippen molar-refractivity contribution in [1.82, 2.24) is 4.98 Å². The number of aromatic nitrogens is 1. The third-order valence-electron chi connectivity index (χ3n) is 3.14. The number of benzene rings is 2. The molecule has 116 valence electrons. The van der Waals surface area contributed by atoms with E-state index in [4.69, 9.17) is 27.9 Å². The van der Waals surface area contributed by atoms with E-state index < -0.39 is 5.97 Å². The van der Waals surface area contributed by atoms with Crippen molar-refractivity contribution in [3.05, 3.63) is 63.1 Å². The minimum Gasteiger partial charge on any atom is -0.454 e. The average molecular weight is 366 g/mol. The molecular formula is C16H9Cl2NO3S. The lowest BCUT2D eigenvalue weighted by atomic mass is 10.1. The molecule has 1 aromatic heterocycles. The Balaban J connectivity index is 1.68. The van der Waals surface area contributed by atoms with Gasteiger partial charge in [0.15, 0.2) is 12.4 Å². The minimum atomic E-state index is -0.561. The first-order valence-electron chi connectivity index (χ1n) is 6.53. The van der Waals surface area contributed by atoms with E-state index in [0.717, 1.165) is 10.2 Å². The van der Waals surface area contributed by atoms with Gasteiger partial charge in [0, 0.05) is 5.56 Å². The molecule has 0 aliphatic heterocycles. The molecule has 2 aromatic carbocycles. The van der Waals surface area contributed by atoms with Gasteiger partial charge in [0.25, 0.3) is 0 Å². The molecule has 0 radical (unpaired) electrons. The van der Waals surface area contributed by atoms with Crippen LogP contribution in [0.2, 0.25) is 10.0 Å². The van der Waals surface area contributed by atoms with Crippen LogP contribution in [0.25, 0.3) is 10.2 Å². The lowest BCUT2D eigenvalue weighted by molar-refractivity contribution is 0.0475. The summed E-state index contributed by atoms with van der Waals surface area (Å²) in [5.41, 5.74) is 3.24. The first kappa shape index (κ1) is 15.9. The second kappa shape index (κ2) is 6.66. The molecule has 3 aromatic rings. The average Bonchev–Trinajstić information content (AvgIpc) is 3.02. The van der Waals surface area contributed by atoms with Crippen molar-refractivity contribution in [2.75, 3.05) is 6.61 Å². The number of fused-ring (bicyclic) bond motifs is 1. The minimum absolute atomic E-state index is 0.277. The summed E-state index contributed by atoms with van der Waals surface area (Å²) in [5.74, 6) is -0.913. The SMILES string of the molecule is O=C(COC(=O)c1ccc2ncsc2c1)c1ccc(Cl)c(Cl)c1. The van der Waals surface area contributed by atoms with Crippen LogP contribution in [0.1, 0.15) is 20.7 Å². The van der Waals surface area contributed by atoms with E-state index in [-0.39, 0.29) is 17.4 Å². The topological polar surface area (TPSA) is 56.3 Å². The van der Waals surface area contributed by atoms with Gasteiger partial charge in [0.1, 0.15) is 0 Å². The highest BCUT2D eigenvalue weighted by atomic mass is 35.5. The molecule has 0 atom stereocenters. The number of ketones is 1. The molecule has 0 bridgehead atoms. The molecule has 0 spiro atoms. The van der Waals surface area contributed by atoms with E-state index in [1.807, 2.05) is 0 Å². The zero-order chi connectivity index (χ0) is 16.4. The fourth-order valence-corrected chi connectivity index (χ4v) is 2.96. The monoisotopic (exact) mass is 365 g/mol. The standard InChI is InChI=1S/C16H9Cl2NO3S/c17-11-3-1-9(5-12(11)18)14(20)7-22-16(21)10-2-4-13-15(6-10)23-8-19-13/h1-6,8H,7H2. The van der Waals surface area contributed by atoms with Crippen molar-refractivity contribution in [3.63, 3.8) is 0 Å². The van der Waals surface area contributed by atoms with Crippen molar-refractivity contribution >= 4 is 56.5 Å². The molecular weight excluding hydrogens is 357 g/mol. The molecule has 0 fully saturated rings. The van der Waals surface area contributed by atoms with Crippen LogP contribution in [0, 0.1) is 0 Å². The highest BCUT2D eigenvalue weighted by molar-refractivity contribution is 7.16. The summed E-state index contributed by atoms with van der Waals surface area (Å²) in [6.45, 7) is -0.364. The number of Topliss-reactive ketones (excluding diaryl/α,β-unsaturated/α-hetero) is 1. The Morgan fingerprint density at radius 2 is 1.83 bits per heavy atom. The number of carbonyl (C=O) groups excluding carboxylic acids is 2. The largest absolute Gasteiger partial charge is 0.454 e. The maximum atomic E-state index is 12.0. The van der Waals surface area contributed by atoms with Gasteiger partial charge in [-0.05, 0) is 36.4 Å². The van der Waals surface area contributed by atoms with Gasteiger partial charge in [0.2, 0.25) is 0 Å². The normalized spacial score (nSPS) is 10.7. The molecule has 7 heteroatoms. The summed E-state index contributed by atoms with van der Waals surface area (Å²) in [6.07, 6.45) is 0. The number of nitrogens with zero attached hydrogens (tertiary/aromatic N) is 1. The van der Waals surface area contributed by atoms with E-state index in [2.05, 4.69) is 4.98 Å². The number of hydrogen-bond acceptors (Lipinski definition) is 5. The summed E-state index contributed by atoms with van der Waals surface area (Å²) < 4.78 is 5.94. The van der Waals surface area contributed by atoms with Crippen molar-refractivity contribution in [1.29, 1.82) is 0 Å². The molecule has 0 aliphatic rings. The van der Waals surface area contributed by atoms with Crippen LogP contribution in [-0.4, -0.2) is 23.3 Å². The molecule has 3 rings (SSSR count). The van der Waals surface area contributed by atoms with Gasteiger partial charge in [-0.25, -0.2) is 9.78 Å². The van der Waals surface area contributed by atoms with Crippen LogP contribution in [0.4, 0.5) is 0 Å². The van der Waals surface area contributed by atoms with Crippen LogP contribution in [0.5, 0.6) is 0 Å². The second-order valence-electron chi connectivity index (χ2n) is 4.66. The van der Waals surface area contributed by atoms with Gasteiger partial charge in [-0.1, -0.05) is 23.2 Å². The zero-order valence-corrected chi connectivity index (χ0v) is 13.9. The van der Waals surface area contributed by atoms with Crippen molar-refractivity contribution in [3.8, 4) is 0 Å². The lowest BCUT2D eigenvalue weighted by Crippen LogP contribution is -2.14. The second-order valence-corrected chi connectivity index (χ2v) is 6.36. The number of rotatable bonds is 4. The summed E-state index contributed by atoms with van der Waals surface area (Å²) in [5, 5.41) is 0.637. The number of thiazole rings is 1. The van der Waals surface area contributed by atoms with Gasteiger partial charge in [-0.2, -0.15) is 0 Å². The van der Waals surface area contributed by atoms with Gasteiger partial charge in [0.05, 0.1) is 31.3 Å². The Labute approximate surface area is 145 Å². The first-order valence-corrected chi connectivity index (χ1v) is 8.17. The summed E-state index contributed by atoms with van der Waals surface area (Å²) in [6, 6.07) is 9.56. The summed E-state index contributed by atoms with van der Waals surface area (Å²) in [7, 11) is 0.